The minimum atomic E-state index is -0.767. The number of rotatable bonds is 4. The molecule has 1 aromatic rings. The van der Waals surface area contributed by atoms with Gasteiger partial charge in [0.15, 0.2) is 0 Å². The number of aliphatic carboxylic acids is 1. The summed E-state index contributed by atoms with van der Waals surface area (Å²) in [4.78, 5) is 10.9. The molecule has 1 aliphatic rings. The van der Waals surface area contributed by atoms with Crippen LogP contribution in [0.1, 0.15) is 5.56 Å². The van der Waals surface area contributed by atoms with E-state index in [1.54, 1.807) is 0 Å². The van der Waals surface area contributed by atoms with Crippen LogP contribution in [0.5, 0.6) is 0 Å². The second-order valence-electron chi connectivity index (χ2n) is 3.51. The van der Waals surface area contributed by atoms with Crippen LogP contribution in [-0.4, -0.2) is 23.8 Å². The highest BCUT2D eigenvalue weighted by atomic mass is 16.6. The molecule has 0 aliphatic carbocycles. The van der Waals surface area contributed by atoms with Crippen molar-refractivity contribution in [1.29, 1.82) is 0 Å². The van der Waals surface area contributed by atoms with Crippen LogP contribution < -0.4 is 0 Å². The highest BCUT2D eigenvalue weighted by molar-refractivity contribution is 5.71. The minimum Gasteiger partial charge on any atom is -0.481 e. The number of hydrogen-bond donors (Lipinski definition) is 1. The quantitative estimate of drug-likeness (QED) is 0.732. The number of carboxylic acids is 1. The van der Waals surface area contributed by atoms with Crippen molar-refractivity contribution >= 4 is 5.97 Å². The monoisotopic (exact) mass is 192 g/mol. The normalized spacial score (nSPS) is 21.6. The van der Waals surface area contributed by atoms with Crippen LogP contribution >= 0.6 is 0 Å². The van der Waals surface area contributed by atoms with Gasteiger partial charge >= 0.3 is 5.97 Å². The fourth-order valence-corrected chi connectivity index (χ4v) is 1.53. The first-order valence-corrected chi connectivity index (χ1v) is 4.65. The molecule has 2 rings (SSSR count). The fraction of sp³-hybridized carbons (Fsp3) is 0.364. The van der Waals surface area contributed by atoms with Crippen molar-refractivity contribution in [3.05, 3.63) is 35.9 Å². The number of ether oxygens (including phenoxy) is 1. The van der Waals surface area contributed by atoms with Crippen LogP contribution in [0.4, 0.5) is 0 Å². The Morgan fingerprint density at radius 1 is 1.50 bits per heavy atom. The van der Waals surface area contributed by atoms with Gasteiger partial charge in [0.2, 0.25) is 0 Å². The van der Waals surface area contributed by atoms with Gasteiger partial charge in [-0.3, -0.25) is 4.79 Å². The Balaban J connectivity index is 2.04. The van der Waals surface area contributed by atoms with Crippen molar-refractivity contribution in [3.8, 4) is 0 Å². The molecule has 0 amide bonds. The summed E-state index contributed by atoms with van der Waals surface area (Å²) in [6.07, 6.45) is 0.480. The SMILES string of the molecule is O=C(O)[C@H](Cc1ccccc1)[C@H]1CO1. The molecule has 0 aromatic heterocycles. The van der Waals surface area contributed by atoms with Crippen molar-refractivity contribution < 1.29 is 14.6 Å². The Morgan fingerprint density at radius 3 is 2.64 bits per heavy atom. The summed E-state index contributed by atoms with van der Waals surface area (Å²) in [6.45, 7) is 0.587. The molecule has 2 atom stereocenters. The molecule has 74 valence electrons. The molecule has 0 saturated carbocycles. The van der Waals surface area contributed by atoms with E-state index in [9.17, 15) is 4.79 Å². The van der Waals surface area contributed by atoms with Crippen LogP contribution in [0.25, 0.3) is 0 Å². The molecule has 1 aliphatic heterocycles. The van der Waals surface area contributed by atoms with E-state index in [0.717, 1.165) is 5.56 Å². The first-order valence-electron chi connectivity index (χ1n) is 4.65. The van der Waals surface area contributed by atoms with Gasteiger partial charge in [0.1, 0.15) is 0 Å². The van der Waals surface area contributed by atoms with Crippen LogP contribution in [0.3, 0.4) is 0 Å². The highest BCUT2D eigenvalue weighted by Crippen LogP contribution is 2.24. The summed E-state index contributed by atoms with van der Waals surface area (Å²) in [5.41, 5.74) is 1.05. The molecule has 3 nitrogen and oxygen atoms in total. The van der Waals surface area contributed by atoms with Crippen LogP contribution in [0.15, 0.2) is 30.3 Å². The third-order valence-corrected chi connectivity index (χ3v) is 2.42. The second kappa shape index (κ2) is 3.80. The number of carbonyl (C=O) groups is 1. The zero-order valence-electron chi connectivity index (χ0n) is 7.72. The van der Waals surface area contributed by atoms with Gasteiger partial charge in [-0.05, 0) is 12.0 Å². The van der Waals surface area contributed by atoms with Crippen molar-refractivity contribution in [1.82, 2.24) is 0 Å². The van der Waals surface area contributed by atoms with Crippen LogP contribution in [-0.2, 0) is 16.0 Å². The lowest BCUT2D eigenvalue weighted by molar-refractivity contribution is -0.142. The van der Waals surface area contributed by atoms with E-state index in [1.807, 2.05) is 30.3 Å². The average Bonchev–Trinajstić information content (AvgIpc) is 2.99. The van der Waals surface area contributed by atoms with Gasteiger partial charge in [-0.15, -0.1) is 0 Å². The molecule has 0 bridgehead atoms. The maximum absolute atomic E-state index is 10.9. The Morgan fingerprint density at radius 2 is 2.14 bits per heavy atom. The molecule has 1 saturated heterocycles. The smallest absolute Gasteiger partial charge is 0.309 e. The molecule has 1 heterocycles. The summed E-state index contributed by atoms with van der Waals surface area (Å²) in [5, 5.41) is 8.96. The number of benzene rings is 1. The third-order valence-electron chi connectivity index (χ3n) is 2.42. The summed E-state index contributed by atoms with van der Waals surface area (Å²) in [7, 11) is 0. The predicted octanol–water partition coefficient (Wildman–Crippen LogP) is 1.33. The van der Waals surface area contributed by atoms with E-state index in [2.05, 4.69) is 0 Å². The second-order valence-corrected chi connectivity index (χ2v) is 3.51. The molecule has 3 heteroatoms. The maximum Gasteiger partial charge on any atom is 0.309 e. The Labute approximate surface area is 82.3 Å². The molecule has 0 spiro atoms. The molecule has 0 radical (unpaired) electrons. The van der Waals surface area contributed by atoms with E-state index >= 15 is 0 Å². The lowest BCUT2D eigenvalue weighted by Crippen LogP contribution is -2.22. The fourth-order valence-electron chi connectivity index (χ4n) is 1.53. The lowest BCUT2D eigenvalue weighted by Gasteiger charge is -2.08. The molecule has 0 unspecified atom stereocenters. The van der Waals surface area contributed by atoms with Crippen LogP contribution in [0, 0.1) is 5.92 Å². The van der Waals surface area contributed by atoms with E-state index in [1.165, 1.54) is 0 Å². The third kappa shape index (κ3) is 2.12. The first-order chi connectivity index (χ1) is 6.77. The summed E-state index contributed by atoms with van der Waals surface area (Å²) < 4.78 is 5.02. The molecular weight excluding hydrogens is 180 g/mol. The molecule has 14 heavy (non-hydrogen) atoms. The van der Waals surface area contributed by atoms with Gasteiger partial charge in [0, 0.05) is 0 Å². The van der Waals surface area contributed by atoms with E-state index in [0.29, 0.717) is 13.0 Å². The van der Waals surface area contributed by atoms with Gasteiger partial charge in [-0.25, -0.2) is 0 Å². The van der Waals surface area contributed by atoms with E-state index < -0.39 is 11.9 Å². The zero-order valence-corrected chi connectivity index (χ0v) is 7.72. The average molecular weight is 192 g/mol. The topological polar surface area (TPSA) is 49.8 Å². The van der Waals surface area contributed by atoms with Crippen molar-refractivity contribution in [2.24, 2.45) is 5.92 Å². The lowest BCUT2D eigenvalue weighted by atomic mass is 9.97. The van der Waals surface area contributed by atoms with E-state index in [-0.39, 0.29) is 6.10 Å². The van der Waals surface area contributed by atoms with Crippen molar-refractivity contribution in [2.75, 3.05) is 6.61 Å². The Hall–Kier alpha value is -1.35. The standard InChI is InChI=1S/C11H12O3/c12-11(13)9(10-7-14-10)6-8-4-2-1-3-5-8/h1-5,9-10H,6-7H2,(H,12,13)/t9-,10-/m1/s1. The summed E-state index contributed by atoms with van der Waals surface area (Å²) in [5.74, 6) is -1.16. The minimum absolute atomic E-state index is 0.0762. The largest absolute Gasteiger partial charge is 0.481 e. The number of hydrogen-bond acceptors (Lipinski definition) is 2. The molecule has 1 fully saturated rings. The van der Waals surface area contributed by atoms with Gasteiger partial charge in [-0.2, -0.15) is 0 Å². The predicted molar refractivity (Wildman–Crippen MR) is 51.0 cm³/mol. The van der Waals surface area contributed by atoms with Gasteiger partial charge < -0.3 is 9.84 Å². The first kappa shape index (κ1) is 9.21. The van der Waals surface area contributed by atoms with Gasteiger partial charge in [0.25, 0.3) is 0 Å². The van der Waals surface area contributed by atoms with E-state index in [4.69, 9.17) is 9.84 Å². The number of epoxide rings is 1. The number of carboxylic acid groups (broad SMARTS) is 1. The van der Waals surface area contributed by atoms with Crippen LogP contribution in [0.2, 0.25) is 0 Å². The van der Waals surface area contributed by atoms with Gasteiger partial charge in [0.05, 0.1) is 18.6 Å². The maximum atomic E-state index is 10.9. The highest BCUT2D eigenvalue weighted by Gasteiger charge is 2.37. The molecule has 1 N–H and O–H groups in total. The molecule has 1 aromatic carbocycles. The zero-order chi connectivity index (χ0) is 9.97. The summed E-state index contributed by atoms with van der Waals surface area (Å²) >= 11 is 0. The van der Waals surface area contributed by atoms with Crippen molar-refractivity contribution in [3.63, 3.8) is 0 Å². The van der Waals surface area contributed by atoms with Crippen molar-refractivity contribution in [2.45, 2.75) is 12.5 Å². The van der Waals surface area contributed by atoms with Gasteiger partial charge in [-0.1, -0.05) is 30.3 Å². The Kier molecular flexibility index (Phi) is 2.50. The summed E-state index contributed by atoms with van der Waals surface area (Å²) in [6, 6.07) is 9.65. The Bertz CT molecular complexity index is 317. The molecular formula is C11H12O3.